The van der Waals surface area contributed by atoms with Crippen molar-refractivity contribution in [3.05, 3.63) is 12.2 Å². The summed E-state index contributed by atoms with van der Waals surface area (Å²) in [7, 11) is 0. The second-order valence-electron chi connectivity index (χ2n) is 9.26. The summed E-state index contributed by atoms with van der Waals surface area (Å²) in [5.41, 5.74) is 1.04. The normalized spacial score (nSPS) is 44.6. The fourth-order valence-corrected chi connectivity index (χ4v) is 4.96. The molecule has 7 heteroatoms. The molecule has 0 aromatic heterocycles. The summed E-state index contributed by atoms with van der Waals surface area (Å²) < 4.78 is 30.4. The highest BCUT2D eigenvalue weighted by Crippen LogP contribution is 2.39. The third-order valence-corrected chi connectivity index (χ3v) is 6.58. The molecule has 4 saturated heterocycles. The van der Waals surface area contributed by atoms with Crippen molar-refractivity contribution in [3.63, 3.8) is 0 Å². The highest BCUT2D eigenvalue weighted by molar-refractivity contribution is 5.49. The highest BCUT2D eigenvalue weighted by atomic mass is 16.7. The van der Waals surface area contributed by atoms with Crippen molar-refractivity contribution in [2.45, 2.75) is 113 Å². The third-order valence-electron chi connectivity index (χ3n) is 6.58. The van der Waals surface area contributed by atoms with E-state index >= 15 is 0 Å². The van der Waals surface area contributed by atoms with E-state index in [-0.39, 0.29) is 42.7 Å². The van der Waals surface area contributed by atoms with Gasteiger partial charge < -0.3 is 33.6 Å². The first-order chi connectivity index (χ1) is 13.8. The van der Waals surface area contributed by atoms with E-state index in [4.69, 9.17) is 23.7 Å². The monoisotopic (exact) mass is 410 g/mol. The maximum Gasteiger partial charge on any atom is 0.163 e. The van der Waals surface area contributed by atoms with Crippen molar-refractivity contribution in [3.8, 4) is 0 Å². The summed E-state index contributed by atoms with van der Waals surface area (Å²) in [5.74, 6) is -0.616. The van der Waals surface area contributed by atoms with Gasteiger partial charge in [0, 0.05) is 25.7 Å². The quantitative estimate of drug-likeness (QED) is 0.550. The van der Waals surface area contributed by atoms with E-state index in [0.29, 0.717) is 25.9 Å². The Morgan fingerprint density at radius 3 is 2.72 bits per heavy atom. The third kappa shape index (κ3) is 4.92. The molecule has 0 aromatic rings. The molecule has 0 radical (unpaired) electrons. The zero-order valence-electron chi connectivity index (χ0n) is 17.5. The first-order valence-corrected chi connectivity index (χ1v) is 10.9. The molecular weight excluding hydrogens is 376 g/mol. The van der Waals surface area contributed by atoms with Crippen LogP contribution in [-0.2, 0) is 28.5 Å². The van der Waals surface area contributed by atoms with Gasteiger partial charge in [-0.2, -0.15) is 0 Å². The number of aldehydes is 1. The average molecular weight is 411 g/mol. The number of ether oxygens (including phenoxy) is 5. The van der Waals surface area contributed by atoms with Crippen LogP contribution in [0.4, 0.5) is 0 Å². The topological polar surface area (TPSA) is 83.5 Å². The number of carbonyl (C=O) groups is 1. The molecule has 4 rings (SSSR count). The van der Waals surface area contributed by atoms with Crippen LogP contribution >= 0.6 is 0 Å². The molecule has 4 aliphatic heterocycles. The summed E-state index contributed by atoms with van der Waals surface area (Å²) >= 11 is 0. The molecule has 4 aliphatic rings. The molecule has 6 unspecified atom stereocenters. The Morgan fingerprint density at radius 1 is 1.14 bits per heavy atom. The summed E-state index contributed by atoms with van der Waals surface area (Å²) in [6.07, 6.45) is 4.37. The Balaban J connectivity index is 1.36. The van der Waals surface area contributed by atoms with Crippen LogP contribution in [0.1, 0.15) is 58.8 Å². The maximum atomic E-state index is 10.7. The summed E-state index contributed by atoms with van der Waals surface area (Å²) in [4.78, 5) is 10.7. The Morgan fingerprint density at radius 2 is 1.93 bits per heavy atom. The smallest absolute Gasteiger partial charge is 0.163 e. The van der Waals surface area contributed by atoms with E-state index in [1.807, 2.05) is 13.8 Å². The van der Waals surface area contributed by atoms with Crippen molar-refractivity contribution in [1.29, 1.82) is 0 Å². The van der Waals surface area contributed by atoms with Gasteiger partial charge in [-0.05, 0) is 38.7 Å². The second-order valence-corrected chi connectivity index (χ2v) is 9.26. The van der Waals surface area contributed by atoms with E-state index < -0.39 is 11.9 Å². The molecule has 29 heavy (non-hydrogen) atoms. The van der Waals surface area contributed by atoms with Crippen molar-refractivity contribution >= 4 is 6.29 Å². The van der Waals surface area contributed by atoms with Crippen molar-refractivity contribution in [1.82, 2.24) is 0 Å². The van der Waals surface area contributed by atoms with Gasteiger partial charge in [0.1, 0.15) is 12.4 Å². The van der Waals surface area contributed by atoms with Crippen molar-refractivity contribution in [2.75, 3.05) is 6.61 Å². The van der Waals surface area contributed by atoms with Gasteiger partial charge in [0.25, 0.3) is 0 Å². The van der Waals surface area contributed by atoms with Gasteiger partial charge in [0.2, 0.25) is 0 Å². The molecule has 0 aliphatic carbocycles. The highest BCUT2D eigenvalue weighted by Gasteiger charge is 2.49. The number of aliphatic hydroxyl groups excluding tert-OH is 1. The molecule has 4 fully saturated rings. The summed E-state index contributed by atoms with van der Waals surface area (Å²) in [6.45, 7) is 8.49. The number of fused-ring (bicyclic) bond motifs is 2. The predicted octanol–water partition coefficient (Wildman–Crippen LogP) is 2.29. The van der Waals surface area contributed by atoms with Gasteiger partial charge in [-0.25, -0.2) is 0 Å². The Kier molecular flexibility index (Phi) is 6.44. The lowest BCUT2D eigenvalue weighted by Crippen LogP contribution is -2.61. The van der Waals surface area contributed by atoms with Crippen LogP contribution in [0.5, 0.6) is 0 Å². The second kappa shape index (κ2) is 8.73. The molecule has 0 bridgehead atoms. The standard InChI is InChI=1S/C22H34O7/c1-13-6-7-14(5-4-8-23)26-16(13)10-17-15(24)9-18-19(27-17)11-20-21(28-18)12-25-22(2,3)29-20/h8,14-21,24H,1,4-7,9-12H2,2-3H3/t14?,15?,16-,17+,18?,19?,20?,21?/m1/s1. The summed E-state index contributed by atoms with van der Waals surface area (Å²) in [5, 5.41) is 10.7. The fraction of sp³-hybridized carbons (Fsp3) is 0.864. The number of hydrogen-bond acceptors (Lipinski definition) is 7. The lowest BCUT2D eigenvalue weighted by molar-refractivity contribution is -0.349. The number of rotatable bonds is 5. The van der Waals surface area contributed by atoms with Gasteiger partial charge in [-0.3, -0.25) is 0 Å². The SMILES string of the molecule is C=C1CCC(CCC=O)O[C@@H]1C[C@@H]1OC2CC3OC(C)(C)OCC3OC2CC1O. The maximum absolute atomic E-state index is 10.7. The molecule has 164 valence electrons. The van der Waals surface area contributed by atoms with Crippen LogP contribution in [0.3, 0.4) is 0 Å². The van der Waals surface area contributed by atoms with Crippen molar-refractivity contribution < 1.29 is 33.6 Å². The van der Waals surface area contributed by atoms with Crippen LogP contribution in [0.2, 0.25) is 0 Å². The average Bonchev–Trinajstić information content (AvgIpc) is 2.67. The molecule has 1 N–H and O–H groups in total. The first-order valence-electron chi connectivity index (χ1n) is 10.9. The van der Waals surface area contributed by atoms with Gasteiger partial charge in [-0.15, -0.1) is 0 Å². The van der Waals surface area contributed by atoms with Gasteiger partial charge in [0.05, 0.1) is 49.3 Å². The van der Waals surface area contributed by atoms with Gasteiger partial charge in [-0.1, -0.05) is 6.58 Å². The number of carbonyl (C=O) groups excluding carboxylic acids is 1. The van der Waals surface area contributed by atoms with E-state index in [2.05, 4.69) is 6.58 Å². The Hall–Kier alpha value is -0.830. The lowest BCUT2D eigenvalue weighted by Gasteiger charge is -2.51. The zero-order chi connectivity index (χ0) is 20.6. The van der Waals surface area contributed by atoms with Crippen LogP contribution in [-0.4, -0.2) is 72.6 Å². The number of aliphatic hydroxyl groups is 1. The molecule has 0 saturated carbocycles. The Labute approximate surface area is 172 Å². The van der Waals surface area contributed by atoms with Crippen molar-refractivity contribution in [2.24, 2.45) is 0 Å². The molecule has 8 atom stereocenters. The minimum atomic E-state index is -0.616. The van der Waals surface area contributed by atoms with Crippen LogP contribution < -0.4 is 0 Å². The molecule has 7 nitrogen and oxygen atoms in total. The van der Waals surface area contributed by atoms with E-state index in [0.717, 1.165) is 37.5 Å². The van der Waals surface area contributed by atoms with E-state index in [1.165, 1.54) is 0 Å². The van der Waals surface area contributed by atoms with Gasteiger partial charge in [0.15, 0.2) is 5.79 Å². The molecule has 0 spiro atoms. The lowest BCUT2D eigenvalue weighted by atomic mass is 9.86. The fourth-order valence-electron chi connectivity index (χ4n) is 4.96. The van der Waals surface area contributed by atoms with Crippen LogP contribution in [0.25, 0.3) is 0 Å². The largest absolute Gasteiger partial charge is 0.390 e. The first kappa shape index (κ1) is 21.4. The predicted molar refractivity (Wildman–Crippen MR) is 104 cm³/mol. The molecular formula is C22H34O7. The van der Waals surface area contributed by atoms with Crippen LogP contribution in [0.15, 0.2) is 12.2 Å². The van der Waals surface area contributed by atoms with Gasteiger partial charge >= 0.3 is 0 Å². The van der Waals surface area contributed by atoms with Crippen LogP contribution in [0, 0.1) is 0 Å². The number of hydrogen-bond donors (Lipinski definition) is 1. The summed E-state index contributed by atoms with van der Waals surface area (Å²) in [6, 6.07) is 0. The Bertz CT molecular complexity index is 604. The van der Waals surface area contributed by atoms with E-state index in [1.54, 1.807) is 0 Å². The minimum absolute atomic E-state index is 0.0653. The molecule has 0 aromatic carbocycles. The molecule has 0 amide bonds. The van der Waals surface area contributed by atoms with E-state index in [9.17, 15) is 9.90 Å². The minimum Gasteiger partial charge on any atom is -0.390 e. The zero-order valence-corrected chi connectivity index (χ0v) is 17.5. The molecule has 4 heterocycles.